The van der Waals surface area contributed by atoms with Crippen LogP contribution in [0.15, 0.2) is 24.3 Å². The predicted molar refractivity (Wildman–Crippen MR) is 70.7 cm³/mol. The van der Waals surface area contributed by atoms with E-state index < -0.39 is 0 Å². The third-order valence-corrected chi connectivity index (χ3v) is 3.35. The Morgan fingerprint density at radius 1 is 1.33 bits per heavy atom. The standard InChI is InChI=1S/C13H19N3O2/c17-16(18)13-4-2-1-3-11(13)5-10-15-12-6-8-14-9-7-12/h1-4,12,14-15H,5-10H2. The van der Waals surface area contributed by atoms with Crippen molar-refractivity contribution in [3.8, 4) is 0 Å². The quantitative estimate of drug-likeness (QED) is 0.612. The van der Waals surface area contributed by atoms with Crippen LogP contribution in [-0.4, -0.2) is 30.6 Å². The molecule has 0 aliphatic carbocycles. The molecule has 2 rings (SSSR count). The number of benzene rings is 1. The summed E-state index contributed by atoms with van der Waals surface area (Å²) in [5.74, 6) is 0. The number of hydrogen-bond acceptors (Lipinski definition) is 4. The molecule has 98 valence electrons. The molecule has 1 saturated heterocycles. The molecular weight excluding hydrogens is 230 g/mol. The fourth-order valence-electron chi connectivity index (χ4n) is 2.34. The number of nitro benzene ring substituents is 1. The summed E-state index contributed by atoms with van der Waals surface area (Å²) in [4.78, 5) is 10.6. The molecule has 0 amide bonds. The Hall–Kier alpha value is -1.46. The Morgan fingerprint density at radius 2 is 2.06 bits per heavy atom. The van der Waals surface area contributed by atoms with Gasteiger partial charge in [0.25, 0.3) is 5.69 Å². The van der Waals surface area contributed by atoms with E-state index in [-0.39, 0.29) is 10.6 Å². The Kier molecular flexibility index (Phi) is 4.66. The molecule has 0 atom stereocenters. The molecule has 5 heteroatoms. The fourth-order valence-corrected chi connectivity index (χ4v) is 2.34. The second-order valence-electron chi connectivity index (χ2n) is 4.61. The average Bonchev–Trinajstić information content (AvgIpc) is 2.40. The van der Waals surface area contributed by atoms with Gasteiger partial charge in [-0.2, -0.15) is 0 Å². The van der Waals surface area contributed by atoms with E-state index in [0.29, 0.717) is 12.5 Å². The molecule has 0 unspecified atom stereocenters. The van der Waals surface area contributed by atoms with Gasteiger partial charge in [0, 0.05) is 17.7 Å². The van der Waals surface area contributed by atoms with Gasteiger partial charge < -0.3 is 10.6 Å². The lowest BCUT2D eigenvalue weighted by atomic mass is 10.1. The van der Waals surface area contributed by atoms with Gasteiger partial charge in [-0.3, -0.25) is 10.1 Å². The van der Waals surface area contributed by atoms with Gasteiger partial charge in [-0.25, -0.2) is 0 Å². The summed E-state index contributed by atoms with van der Waals surface area (Å²) in [5.41, 5.74) is 1.04. The maximum absolute atomic E-state index is 10.9. The van der Waals surface area contributed by atoms with Crippen LogP contribution < -0.4 is 10.6 Å². The van der Waals surface area contributed by atoms with Crippen LogP contribution >= 0.6 is 0 Å². The van der Waals surface area contributed by atoms with Gasteiger partial charge in [-0.1, -0.05) is 18.2 Å². The molecule has 1 heterocycles. The maximum Gasteiger partial charge on any atom is 0.272 e. The van der Waals surface area contributed by atoms with Gasteiger partial charge in [0.05, 0.1) is 4.92 Å². The van der Waals surface area contributed by atoms with E-state index >= 15 is 0 Å². The zero-order valence-electron chi connectivity index (χ0n) is 10.4. The van der Waals surface area contributed by atoms with E-state index in [4.69, 9.17) is 0 Å². The van der Waals surface area contributed by atoms with Crippen LogP contribution in [0.1, 0.15) is 18.4 Å². The number of hydrogen-bond donors (Lipinski definition) is 2. The molecule has 5 nitrogen and oxygen atoms in total. The largest absolute Gasteiger partial charge is 0.317 e. The van der Waals surface area contributed by atoms with Crippen molar-refractivity contribution >= 4 is 5.69 Å². The molecule has 2 N–H and O–H groups in total. The van der Waals surface area contributed by atoms with Gasteiger partial charge >= 0.3 is 0 Å². The lowest BCUT2D eigenvalue weighted by molar-refractivity contribution is -0.385. The molecule has 0 aromatic heterocycles. The van der Waals surface area contributed by atoms with Crippen molar-refractivity contribution in [3.63, 3.8) is 0 Å². The van der Waals surface area contributed by atoms with E-state index in [1.165, 1.54) is 0 Å². The van der Waals surface area contributed by atoms with E-state index in [1.54, 1.807) is 12.1 Å². The summed E-state index contributed by atoms with van der Waals surface area (Å²) in [6, 6.07) is 7.52. The minimum atomic E-state index is -0.306. The smallest absolute Gasteiger partial charge is 0.272 e. The third kappa shape index (κ3) is 3.51. The molecule has 1 aromatic rings. The Labute approximate surface area is 107 Å². The van der Waals surface area contributed by atoms with Crippen molar-refractivity contribution in [1.29, 1.82) is 0 Å². The second kappa shape index (κ2) is 6.47. The molecule has 18 heavy (non-hydrogen) atoms. The van der Waals surface area contributed by atoms with Crippen molar-refractivity contribution in [1.82, 2.24) is 10.6 Å². The van der Waals surface area contributed by atoms with E-state index in [0.717, 1.165) is 38.0 Å². The van der Waals surface area contributed by atoms with Gasteiger partial charge in [0.1, 0.15) is 0 Å². The van der Waals surface area contributed by atoms with E-state index in [9.17, 15) is 10.1 Å². The number of rotatable bonds is 5. The zero-order valence-corrected chi connectivity index (χ0v) is 10.4. The number of nitrogens with one attached hydrogen (secondary N) is 2. The summed E-state index contributed by atoms with van der Waals surface area (Å²) in [6.45, 7) is 2.92. The molecule has 1 aliphatic rings. The number of piperidine rings is 1. The Balaban J connectivity index is 1.84. The van der Waals surface area contributed by atoms with Crippen LogP contribution in [0.3, 0.4) is 0 Å². The van der Waals surface area contributed by atoms with Crippen LogP contribution in [0.4, 0.5) is 5.69 Å². The molecule has 0 bridgehead atoms. The monoisotopic (exact) mass is 249 g/mol. The summed E-state index contributed by atoms with van der Waals surface area (Å²) in [5, 5.41) is 17.7. The second-order valence-corrected chi connectivity index (χ2v) is 4.61. The maximum atomic E-state index is 10.9. The minimum absolute atomic E-state index is 0.226. The lowest BCUT2D eigenvalue weighted by Gasteiger charge is -2.23. The van der Waals surface area contributed by atoms with Crippen molar-refractivity contribution in [2.75, 3.05) is 19.6 Å². The van der Waals surface area contributed by atoms with Crippen molar-refractivity contribution in [2.24, 2.45) is 0 Å². The molecular formula is C13H19N3O2. The highest BCUT2D eigenvalue weighted by atomic mass is 16.6. The summed E-state index contributed by atoms with van der Waals surface area (Å²) in [7, 11) is 0. The van der Waals surface area contributed by atoms with Crippen LogP contribution in [0.25, 0.3) is 0 Å². The predicted octanol–water partition coefficient (Wildman–Crippen LogP) is 1.48. The lowest BCUT2D eigenvalue weighted by Crippen LogP contribution is -2.40. The van der Waals surface area contributed by atoms with Gasteiger partial charge in [-0.05, 0) is 38.9 Å². The molecule has 1 aliphatic heterocycles. The summed E-state index contributed by atoms with van der Waals surface area (Å²) in [6.07, 6.45) is 2.98. The molecule has 0 radical (unpaired) electrons. The summed E-state index contributed by atoms with van der Waals surface area (Å²) >= 11 is 0. The number of para-hydroxylation sites is 1. The first-order valence-electron chi connectivity index (χ1n) is 6.44. The van der Waals surface area contributed by atoms with E-state index in [2.05, 4.69) is 10.6 Å². The van der Waals surface area contributed by atoms with Crippen LogP contribution in [-0.2, 0) is 6.42 Å². The fraction of sp³-hybridized carbons (Fsp3) is 0.538. The van der Waals surface area contributed by atoms with Gasteiger partial charge in [0.2, 0.25) is 0 Å². The van der Waals surface area contributed by atoms with Crippen LogP contribution in [0, 0.1) is 10.1 Å². The number of nitro groups is 1. The topological polar surface area (TPSA) is 67.2 Å². The highest BCUT2D eigenvalue weighted by Crippen LogP contribution is 2.17. The van der Waals surface area contributed by atoms with Crippen LogP contribution in [0.5, 0.6) is 0 Å². The number of nitrogens with zero attached hydrogens (tertiary/aromatic N) is 1. The minimum Gasteiger partial charge on any atom is -0.317 e. The Morgan fingerprint density at radius 3 is 2.78 bits per heavy atom. The van der Waals surface area contributed by atoms with Crippen LogP contribution in [0.2, 0.25) is 0 Å². The highest BCUT2D eigenvalue weighted by molar-refractivity contribution is 5.39. The van der Waals surface area contributed by atoms with Crippen molar-refractivity contribution in [2.45, 2.75) is 25.3 Å². The Bertz CT molecular complexity index is 403. The van der Waals surface area contributed by atoms with Crippen molar-refractivity contribution < 1.29 is 4.92 Å². The first-order valence-corrected chi connectivity index (χ1v) is 6.44. The zero-order chi connectivity index (χ0) is 12.8. The average molecular weight is 249 g/mol. The first kappa shape index (κ1) is 13.0. The van der Waals surface area contributed by atoms with Crippen molar-refractivity contribution in [3.05, 3.63) is 39.9 Å². The SMILES string of the molecule is O=[N+]([O-])c1ccccc1CCNC1CCNCC1. The van der Waals surface area contributed by atoms with Gasteiger partial charge in [0.15, 0.2) is 0 Å². The molecule has 1 fully saturated rings. The van der Waals surface area contributed by atoms with E-state index in [1.807, 2.05) is 12.1 Å². The first-order chi connectivity index (χ1) is 8.77. The van der Waals surface area contributed by atoms with Gasteiger partial charge in [-0.15, -0.1) is 0 Å². The third-order valence-electron chi connectivity index (χ3n) is 3.35. The highest BCUT2D eigenvalue weighted by Gasteiger charge is 2.14. The molecule has 0 spiro atoms. The molecule has 1 aromatic carbocycles. The normalized spacial score (nSPS) is 16.7. The summed E-state index contributed by atoms with van der Waals surface area (Å²) < 4.78 is 0. The molecule has 0 saturated carbocycles.